The third-order valence-electron chi connectivity index (χ3n) is 1.92. The zero-order chi connectivity index (χ0) is 14.6. The first-order valence-electron chi connectivity index (χ1n) is 4.79. The van der Waals surface area contributed by atoms with Crippen molar-refractivity contribution < 1.29 is 27.9 Å². The SMILES string of the molecule is O=C(O)C=CC(=O)Nc1ccc(Cl)c(C(F)(F)F)c1. The van der Waals surface area contributed by atoms with Crippen molar-refractivity contribution >= 4 is 29.2 Å². The summed E-state index contributed by atoms with van der Waals surface area (Å²) >= 11 is 5.40. The van der Waals surface area contributed by atoms with Crippen molar-refractivity contribution in [3.63, 3.8) is 0 Å². The third-order valence-corrected chi connectivity index (χ3v) is 2.25. The third kappa shape index (κ3) is 4.63. The second-order valence-corrected chi connectivity index (χ2v) is 3.76. The first-order valence-corrected chi connectivity index (χ1v) is 5.16. The summed E-state index contributed by atoms with van der Waals surface area (Å²) in [4.78, 5) is 21.3. The summed E-state index contributed by atoms with van der Waals surface area (Å²) in [7, 11) is 0. The average Bonchev–Trinajstić information content (AvgIpc) is 2.27. The maximum Gasteiger partial charge on any atom is 0.417 e. The molecule has 8 heteroatoms. The number of rotatable bonds is 3. The predicted octanol–water partition coefficient (Wildman–Crippen LogP) is 2.94. The van der Waals surface area contributed by atoms with Crippen LogP contribution in [0.5, 0.6) is 0 Å². The molecule has 0 aromatic heterocycles. The van der Waals surface area contributed by atoms with Gasteiger partial charge in [0.05, 0.1) is 10.6 Å². The van der Waals surface area contributed by atoms with Crippen LogP contribution in [-0.4, -0.2) is 17.0 Å². The molecule has 1 aromatic rings. The second kappa shape index (κ2) is 5.75. The molecule has 2 N–H and O–H groups in total. The van der Waals surface area contributed by atoms with Crippen LogP contribution in [-0.2, 0) is 15.8 Å². The lowest BCUT2D eigenvalue weighted by Gasteiger charge is -2.11. The van der Waals surface area contributed by atoms with Gasteiger partial charge in [-0.05, 0) is 18.2 Å². The first-order chi connectivity index (χ1) is 8.70. The van der Waals surface area contributed by atoms with E-state index in [1.165, 1.54) is 6.07 Å². The van der Waals surface area contributed by atoms with Gasteiger partial charge in [0.2, 0.25) is 5.91 Å². The Morgan fingerprint density at radius 3 is 2.42 bits per heavy atom. The van der Waals surface area contributed by atoms with Gasteiger partial charge < -0.3 is 10.4 Å². The summed E-state index contributed by atoms with van der Waals surface area (Å²) in [5.74, 6) is -2.21. The highest BCUT2D eigenvalue weighted by Crippen LogP contribution is 2.36. The molecular weight excluding hydrogens is 287 g/mol. The van der Waals surface area contributed by atoms with E-state index in [-0.39, 0.29) is 5.69 Å². The van der Waals surface area contributed by atoms with Crippen molar-refractivity contribution in [2.75, 3.05) is 5.32 Å². The number of benzene rings is 1. The number of amides is 1. The van der Waals surface area contributed by atoms with Gasteiger partial charge in [0, 0.05) is 17.8 Å². The summed E-state index contributed by atoms with van der Waals surface area (Å²) in [6.45, 7) is 0. The smallest absolute Gasteiger partial charge is 0.417 e. The molecule has 0 aliphatic rings. The van der Waals surface area contributed by atoms with Gasteiger partial charge in [-0.2, -0.15) is 13.2 Å². The van der Waals surface area contributed by atoms with Crippen molar-refractivity contribution in [1.29, 1.82) is 0 Å². The molecule has 0 unspecified atom stereocenters. The lowest BCUT2D eigenvalue weighted by Crippen LogP contribution is -2.11. The van der Waals surface area contributed by atoms with E-state index in [4.69, 9.17) is 16.7 Å². The number of anilines is 1. The Bertz CT molecular complexity index is 540. The molecular formula is C11H7ClF3NO3. The van der Waals surface area contributed by atoms with Gasteiger partial charge in [0.25, 0.3) is 0 Å². The number of hydrogen-bond acceptors (Lipinski definition) is 2. The zero-order valence-electron chi connectivity index (χ0n) is 9.16. The number of carbonyl (C=O) groups excluding carboxylic acids is 1. The first kappa shape index (κ1) is 15.0. The van der Waals surface area contributed by atoms with E-state index < -0.39 is 28.6 Å². The molecule has 0 spiro atoms. The maximum atomic E-state index is 12.5. The number of hydrogen-bond donors (Lipinski definition) is 2. The molecule has 1 amide bonds. The summed E-state index contributed by atoms with van der Waals surface area (Å²) in [5.41, 5.74) is -1.23. The van der Waals surface area contributed by atoms with Crippen LogP contribution in [0.2, 0.25) is 5.02 Å². The minimum Gasteiger partial charge on any atom is -0.478 e. The molecule has 0 heterocycles. The van der Waals surface area contributed by atoms with Crippen LogP contribution in [0.1, 0.15) is 5.56 Å². The fraction of sp³-hybridized carbons (Fsp3) is 0.0909. The van der Waals surface area contributed by atoms with E-state index in [1.54, 1.807) is 0 Å². The fourth-order valence-corrected chi connectivity index (χ4v) is 1.38. The van der Waals surface area contributed by atoms with Crippen molar-refractivity contribution in [2.45, 2.75) is 6.18 Å². The monoisotopic (exact) mass is 293 g/mol. The minimum absolute atomic E-state index is 0.142. The topological polar surface area (TPSA) is 66.4 Å². The molecule has 0 saturated carbocycles. The molecule has 0 fully saturated rings. The number of aliphatic carboxylic acids is 1. The molecule has 19 heavy (non-hydrogen) atoms. The quantitative estimate of drug-likeness (QED) is 0.842. The molecule has 1 aromatic carbocycles. The van der Waals surface area contributed by atoms with Crippen molar-refractivity contribution in [3.05, 3.63) is 40.9 Å². The van der Waals surface area contributed by atoms with Gasteiger partial charge in [-0.3, -0.25) is 4.79 Å². The lowest BCUT2D eigenvalue weighted by atomic mass is 10.2. The fourth-order valence-electron chi connectivity index (χ4n) is 1.15. The lowest BCUT2D eigenvalue weighted by molar-refractivity contribution is -0.137. The van der Waals surface area contributed by atoms with Crippen molar-refractivity contribution in [3.8, 4) is 0 Å². The van der Waals surface area contributed by atoms with Crippen LogP contribution in [0.15, 0.2) is 30.4 Å². The van der Waals surface area contributed by atoms with E-state index in [0.717, 1.165) is 6.07 Å². The van der Waals surface area contributed by atoms with Crippen molar-refractivity contribution in [2.24, 2.45) is 0 Å². The van der Waals surface area contributed by atoms with Gasteiger partial charge >= 0.3 is 12.1 Å². The molecule has 0 bridgehead atoms. The van der Waals surface area contributed by atoms with Gasteiger partial charge in [-0.1, -0.05) is 11.6 Å². The average molecular weight is 294 g/mol. The van der Waals surface area contributed by atoms with E-state index in [1.807, 2.05) is 0 Å². The Balaban J connectivity index is 2.92. The minimum atomic E-state index is -4.64. The highest BCUT2D eigenvalue weighted by molar-refractivity contribution is 6.31. The standard InChI is InChI=1S/C11H7ClF3NO3/c12-8-2-1-6(5-7(8)11(13,14)15)16-9(17)3-4-10(18)19/h1-5H,(H,16,17)(H,18,19). The summed E-state index contributed by atoms with van der Waals surface area (Å²) in [6, 6.07) is 2.82. The molecule has 0 saturated heterocycles. The largest absolute Gasteiger partial charge is 0.478 e. The molecule has 1 rings (SSSR count). The number of halogens is 4. The van der Waals surface area contributed by atoms with Crippen LogP contribution in [0, 0.1) is 0 Å². The Morgan fingerprint density at radius 2 is 1.89 bits per heavy atom. The van der Waals surface area contributed by atoms with E-state index in [9.17, 15) is 22.8 Å². The summed E-state index contributed by atoms with van der Waals surface area (Å²) in [6.07, 6.45) is -3.39. The molecule has 0 atom stereocenters. The number of carbonyl (C=O) groups is 2. The summed E-state index contributed by atoms with van der Waals surface area (Å²) in [5, 5.41) is 9.88. The van der Waals surface area contributed by atoms with E-state index in [2.05, 4.69) is 5.32 Å². The van der Waals surface area contributed by atoms with Gasteiger partial charge in [-0.25, -0.2) is 4.79 Å². The van der Waals surface area contributed by atoms with Crippen LogP contribution >= 0.6 is 11.6 Å². The molecule has 0 aliphatic carbocycles. The normalized spacial score (nSPS) is 11.6. The van der Waals surface area contributed by atoms with Crippen LogP contribution in [0.25, 0.3) is 0 Å². The van der Waals surface area contributed by atoms with Crippen molar-refractivity contribution in [1.82, 2.24) is 0 Å². The highest BCUT2D eigenvalue weighted by atomic mass is 35.5. The Hall–Kier alpha value is -2.02. The molecule has 102 valence electrons. The number of nitrogens with one attached hydrogen (secondary N) is 1. The molecule has 0 radical (unpaired) electrons. The maximum absolute atomic E-state index is 12.5. The summed E-state index contributed by atoms with van der Waals surface area (Å²) < 4.78 is 37.6. The molecule has 4 nitrogen and oxygen atoms in total. The number of alkyl halides is 3. The Labute approximate surface area is 110 Å². The predicted molar refractivity (Wildman–Crippen MR) is 61.9 cm³/mol. The van der Waals surface area contributed by atoms with Gasteiger partial charge in [-0.15, -0.1) is 0 Å². The highest BCUT2D eigenvalue weighted by Gasteiger charge is 2.33. The number of carboxylic acid groups (broad SMARTS) is 1. The van der Waals surface area contributed by atoms with E-state index in [0.29, 0.717) is 18.2 Å². The molecule has 0 aliphatic heterocycles. The Kier molecular flexibility index (Phi) is 4.55. The van der Waals surface area contributed by atoms with Gasteiger partial charge in [0.15, 0.2) is 0 Å². The van der Waals surface area contributed by atoms with Crippen LogP contribution in [0.4, 0.5) is 18.9 Å². The second-order valence-electron chi connectivity index (χ2n) is 3.35. The van der Waals surface area contributed by atoms with Crippen LogP contribution < -0.4 is 5.32 Å². The van der Waals surface area contributed by atoms with Gasteiger partial charge in [0.1, 0.15) is 0 Å². The van der Waals surface area contributed by atoms with Crippen LogP contribution in [0.3, 0.4) is 0 Å². The number of carboxylic acids is 1. The Morgan fingerprint density at radius 1 is 1.26 bits per heavy atom. The van der Waals surface area contributed by atoms with E-state index >= 15 is 0 Å². The zero-order valence-corrected chi connectivity index (χ0v) is 9.92.